The Kier molecular flexibility index (Phi) is 5.14. The molecule has 28 heavy (non-hydrogen) atoms. The molecule has 0 spiro atoms. The van der Waals surface area contributed by atoms with Gasteiger partial charge in [0.25, 0.3) is 5.56 Å². The van der Waals surface area contributed by atoms with Crippen molar-refractivity contribution < 1.29 is 18.3 Å². The fourth-order valence-electron chi connectivity index (χ4n) is 3.08. The number of benzene rings is 1. The molecule has 0 aliphatic rings. The summed E-state index contributed by atoms with van der Waals surface area (Å²) in [7, 11) is 1.40. The first kappa shape index (κ1) is 20.2. The van der Waals surface area contributed by atoms with Crippen LogP contribution >= 0.6 is 11.3 Å². The fraction of sp³-hybridized carbons (Fsp3) is 0.368. The van der Waals surface area contributed by atoms with Crippen molar-refractivity contribution in [1.29, 1.82) is 0 Å². The third-order valence-electron chi connectivity index (χ3n) is 4.40. The molecule has 0 bridgehead atoms. The first-order chi connectivity index (χ1) is 13.0. The van der Waals surface area contributed by atoms with Crippen LogP contribution in [0.4, 0.5) is 13.2 Å². The van der Waals surface area contributed by atoms with Crippen LogP contribution in [0.1, 0.15) is 29.9 Å². The van der Waals surface area contributed by atoms with Crippen molar-refractivity contribution in [2.75, 3.05) is 0 Å². The van der Waals surface area contributed by atoms with Gasteiger partial charge in [-0.2, -0.15) is 13.2 Å². The van der Waals surface area contributed by atoms with Gasteiger partial charge in [-0.25, -0.2) is 4.79 Å². The van der Waals surface area contributed by atoms with Crippen LogP contribution in [0.15, 0.2) is 33.9 Å². The average molecular weight is 412 g/mol. The molecular weight excluding hydrogens is 393 g/mol. The van der Waals surface area contributed by atoms with Gasteiger partial charge in [0.2, 0.25) is 0 Å². The fourth-order valence-corrected chi connectivity index (χ4v) is 4.26. The summed E-state index contributed by atoms with van der Waals surface area (Å²) in [5.74, 6) is -0.656. The Bertz CT molecular complexity index is 1160. The van der Waals surface area contributed by atoms with E-state index in [1.54, 1.807) is 6.07 Å². The first-order valence-corrected chi connectivity index (χ1v) is 9.42. The molecule has 2 aromatic heterocycles. The van der Waals surface area contributed by atoms with Crippen molar-refractivity contribution in [2.24, 2.45) is 13.0 Å². The zero-order valence-electron chi connectivity index (χ0n) is 15.5. The molecule has 0 fully saturated rings. The van der Waals surface area contributed by atoms with E-state index in [1.807, 2.05) is 13.8 Å². The van der Waals surface area contributed by atoms with Gasteiger partial charge in [-0.05, 0) is 23.6 Å². The Morgan fingerprint density at radius 3 is 2.50 bits per heavy atom. The largest absolute Gasteiger partial charge is 0.507 e. The number of fused-ring (bicyclic) bond motifs is 1. The van der Waals surface area contributed by atoms with Gasteiger partial charge < -0.3 is 5.11 Å². The summed E-state index contributed by atoms with van der Waals surface area (Å²) < 4.78 is 41.6. The molecule has 2 heterocycles. The minimum Gasteiger partial charge on any atom is -0.507 e. The minimum atomic E-state index is -4.66. The molecular formula is C19H19F3N2O3S. The molecule has 0 aliphatic heterocycles. The lowest BCUT2D eigenvalue weighted by Crippen LogP contribution is -2.38. The van der Waals surface area contributed by atoms with E-state index in [0.29, 0.717) is 21.6 Å². The lowest BCUT2D eigenvalue weighted by molar-refractivity contribution is -0.138. The SMILES string of the molecule is CC(C)Cn1c(=O)n(C)c(=O)c2cc(Cc3cccc(C(F)(F)F)c3O)sc21. The van der Waals surface area contributed by atoms with E-state index in [-0.39, 0.29) is 17.9 Å². The monoisotopic (exact) mass is 412 g/mol. The third kappa shape index (κ3) is 3.58. The molecule has 0 unspecified atom stereocenters. The van der Waals surface area contributed by atoms with Crippen molar-refractivity contribution in [2.45, 2.75) is 33.0 Å². The van der Waals surface area contributed by atoms with E-state index in [2.05, 4.69) is 0 Å². The molecule has 150 valence electrons. The number of rotatable bonds is 4. The summed E-state index contributed by atoms with van der Waals surface area (Å²) in [6.45, 7) is 4.30. The highest BCUT2D eigenvalue weighted by molar-refractivity contribution is 7.18. The van der Waals surface area contributed by atoms with Crippen LogP contribution in [-0.4, -0.2) is 14.2 Å². The maximum atomic E-state index is 13.0. The van der Waals surface area contributed by atoms with Crippen LogP contribution in [0.5, 0.6) is 5.75 Å². The van der Waals surface area contributed by atoms with Gasteiger partial charge in [0, 0.05) is 24.9 Å². The Balaban J connectivity index is 2.13. The number of nitrogens with zero attached hydrogens (tertiary/aromatic N) is 2. The average Bonchev–Trinajstić information content (AvgIpc) is 3.01. The van der Waals surface area contributed by atoms with Crippen LogP contribution in [0.2, 0.25) is 0 Å². The molecule has 0 radical (unpaired) electrons. The highest BCUT2D eigenvalue weighted by atomic mass is 32.1. The zero-order chi connectivity index (χ0) is 20.8. The van der Waals surface area contributed by atoms with Gasteiger partial charge in [0.05, 0.1) is 10.9 Å². The molecule has 0 aliphatic carbocycles. The van der Waals surface area contributed by atoms with E-state index in [9.17, 15) is 27.9 Å². The van der Waals surface area contributed by atoms with Crippen LogP contribution in [0, 0.1) is 5.92 Å². The maximum absolute atomic E-state index is 13.0. The normalized spacial score (nSPS) is 12.2. The maximum Gasteiger partial charge on any atom is 0.419 e. The molecule has 0 saturated heterocycles. The van der Waals surface area contributed by atoms with E-state index in [4.69, 9.17) is 0 Å². The lowest BCUT2D eigenvalue weighted by Gasteiger charge is -2.12. The van der Waals surface area contributed by atoms with Crippen LogP contribution in [0.3, 0.4) is 0 Å². The van der Waals surface area contributed by atoms with Crippen molar-refractivity contribution in [3.63, 3.8) is 0 Å². The number of phenols is 1. The molecule has 0 saturated carbocycles. The van der Waals surface area contributed by atoms with Crippen molar-refractivity contribution in [1.82, 2.24) is 9.13 Å². The Morgan fingerprint density at radius 2 is 1.89 bits per heavy atom. The Labute approximate surface area is 162 Å². The molecule has 3 rings (SSSR count). The summed E-state index contributed by atoms with van der Waals surface area (Å²) in [4.78, 5) is 26.0. The van der Waals surface area contributed by atoms with Gasteiger partial charge in [-0.1, -0.05) is 26.0 Å². The predicted octanol–water partition coefficient (Wildman–Crippen LogP) is 3.73. The smallest absolute Gasteiger partial charge is 0.419 e. The molecule has 0 amide bonds. The Morgan fingerprint density at radius 1 is 1.21 bits per heavy atom. The van der Waals surface area contributed by atoms with Gasteiger partial charge in [-0.3, -0.25) is 13.9 Å². The van der Waals surface area contributed by atoms with E-state index < -0.39 is 28.7 Å². The quantitative estimate of drug-likeness (QED) is 0.710. The summed E-state index contributed by atoms with van der Waals surface area (Å²) in [5, 5.41) is 10.4. The minimum absolute atomic E-state index is 0.0219. The second-order valence-electron chi connectivity index (χ2n) is 7.07. The number of hydrogen-bond donors (Lipinski definition) is 1. The summed E-state index contributed by atoms with van der Waals surface area (Å²) in [6.07, 6.45) is -4.64. The number of thiophene rings is 1. The molecule has 1 aromatic carbocycles. The highest BCUT2D eigenvalue weighted by Gasteiger charge is 2.34. The number of hydrogen-bond acceptors (Lipinski definition) is 4. The molecule has 1 N–H and O–H groups in total. The summed E-state index contributed by atoms with van der Waals surface area (Å²) in [5.41, 5.74) is -1.87. The highest BCUT2D eigenvalue weighted by Crippen LogP contribution is 2.38. The van der Waals surface area contributed by atoms with Crippen molar-refractivity contribution >= 4 is 21.6 Å². The number of halogens is 3. The number of alkyl halides is 3. The van der Waals surface area contributed by atoms with E-state index >= 15 is 0 Å². The summed E-state index contributed by atoms with van der Waals surface area (Å²) >= 11 is 1.18. The second kappa shape index (κ2) is 7.12. The number of aromatic hydroxyl groups is 1. The standard InChI is InChI=1S/C19H19F3N2O3S/c1-10(2)9-24-17-13(16(26)23(3)18(24)27)8-12(28-17)7-11-5-4-6-14(15(11)25)19(20,21)22/h4-6,8,10,25H,7,9H2,1-3H3. The van der Waals surface area contributed by atoms with Gasteiger partial charge in [0.15, 0.2) is 0 Å². The van der Waals surface area contributed by atoms with Crippen LogP contribution < -0.4 is 11.2 Å². The second-order valence-corrected chi connectivity index (χ2v) is 8.19. The summed E-state index contributed by atoms with van der Waals surface area (Å²) in [6, 6.07) is 5.05. The van der Waals surface area contributed by atoms with Crippen LogP contribution in [0.25, 0.3) is 10.2 Å². The van der Waals surface area contributed by atoms with Gasteiger partial charge in [0.1, 0.15) is 10.6 Å². The lowest BCUT2D eigenvalue weighted by atomic mass is 10.0. The van der Waals surface area contributed by atoms with E-state index in [0.717, 1.165) is 10.6 Å². The topological polar surface area (TPSA) is 64.2 Å². The number of para-hydroxylation sites is 1. The zero-order valence-corrected chi connectivity index (χ0v) is 16.3. The first-order valence-electron chi connectivity index (χ1n) is 8.61. The predicted molar refractivity (Wildman–Crippen MR) is 102 cm³/mol. The number of phenolic OH excluding ortho intramolecular Hbond substituents is 1. The molecule has 0 atom stereocenters. The molecule has 3 aromatic rings. The van der Waals surface area contributed by atoms with Crippen molar-refractivity contribution in [3.8, 4) is 5.75 Å². The third-order valence-corrected chi connectivity index (χ3v) is 5.56. The van der Waals surface area contributed by atoms with Gasteiger partial charge in [-0.15, -0.1) is 11.3 Å². The van der Waals surface area contributed by atoms with Crippen molar-refractivity contribution in [3.05, 3.63) is 61.1 Å². The number of aromatic nitrogens is 2. The Hall–Kier alpha value is -2.55. The molecule has 9 heteroatoms. The van der Waals surface area contributed by atoms with Crippen LogP contribution in [-0.2, 0) is 26.2 Å². The van der Waals surface area contributed by atoms with Gasteiger partial charge >= 0.3 is 11.9 Å². The molecule has 5 nitrogen and oxygen atoms in total. The van der Waals surface area contributed by atoms with E-state index in [1.165, 1.54) is 35.1 Å².